The Labute approximate surface area is 160 Å². The van der Waals surface area contributed by atoms with Crippen molar-refractivity contribution in [3.05, 3.63) is 65.5 Å². The lowest BCUT2D eigenvalue weighted by Crippen LogP contribution is -2.48. The van der Waals surface area contributed by atoms with Crippen LogP contribution >= 0.6 is 0 Å². The van der Waals surface area contributed by atoms with E-state index in [0.717, 1.165) is 21.7 Å². The molecule has 2 aromatic rings. The van der Waals surface area contributed by atoms with Crippen molar-refractivity contribution in [1.82, 2.24) is 5.32 Å². The van der Waals surface area contributed by atoms with Crippen LogP contribution in [-0.4, -0.2) is 26.6 Å². The molecular formula is C20H25FN2O3S. The summed E-state index contributed by atoms with van der Waals surface area (Å²) in [5.74, 6) is -1.19. The third-order valence-corrected chi connectivity index (χ3v) is 5.61. The first kappa shape index (κ1) is 20.9. The van der Waals surface area contributed by atoms with Crippen LogP contribution in [0.25, 0.3) is 0 Å². The Kier molecular flexibility index (Phi) is 6.59. The highest BCUT2D eigenvalue weighted by atomic mass is 32.2. The van der Waals surface area contributed by atoms with Crippen molar-refractivity contribution in [2.24, 2.45) is 0 Å². The summed E-state index contributed by atoms with van der Waals surface area (Å²) >= 11 is 0. The highest BCUT2D eigenvalue weighted by Gasteiger charge is 2.31. The number of hydrogen-bond donors (Lipinski definition) is 1. The van der Waals surface area contributed by atoms with Gasteiger partial charge in [-0.15, -0.1) is 0 Å². The molecule has 0 aromatic heterocycles. The highest BCUT2D eigenvalue weighted by Crippen LogP contribution is 2.25. The molecule has 1 N–H and O–H groups in total. The average Bonchev–Trinajstić information content (AvgIpc) is 2.61. The number of hydrogen-bond acceptors (Lipinski definition) is 3. The fraction of sp³-hybridized carbons (Fsp3) is 0.350. The lowest BCUT2D eigenvalue weighted by molar-refractivity contribution is -0.122. The van der Waals surface area contributed by atoms with Gasteiger partial charge in [-0.25, -0.2) is 12.8 Å². The lowest BCUT2D eigenvalue weighted by Gasteiger charge is -2.30. The number of rotatable bonds is 7. The SMILES string of the molecule is CC[C@H](NC(=O)[C@H](C)N(c1ccccc1F)S(C)(=O)=O)c1ccc(C)cc1. The Morgan fingerprint density at radius 1 is 1.15 bits per heavy atom. The quantitative estimate of drug-likeness (QED) is 0.784. The summed E-state index contributed by atoms with van der Waals surface area (Å²) in [6, 6.07) is 11.9. The van der Waals surface area contributed by atoms with E-state index in [1.165, 1.54) is 31.2 Å². The minimum Gasteiger partial charge on any atom is -0.347 e. The first-order valence-corrected chi connectivity index (χ1v) is 10.6. The van der Waals surface area contributed by atoms with Gasteiger partial charge in [-0.2, -0.15) is 0 Å². The van der Waals surface area contributed by atoms with Crippen LogP contribution in [0.2, 0.25) is 0 Å². The molecule has 2 rings (SSSR count). The Balaban J connectivity index is 2.29. The van der Waals surface area contributed by atoms with Gasteiger partial charge in [0, 0.05) is 0 Å². The number of aryl methyl sites for hydroxylation is 1. The Morgan fingerprint density at radius 3 is 2.26 bits per heavy atom. The van der Waals surface area contributed by atoms with Crippen molar-refractivity contribution in [2.45, 2.75) is 39.3 Å². The zero-order valence-electron chi connectivity index (χ0n) is 15.9. The number of carbonyl (C=O) groups excluding carboxylic acids is 1. The third kappa shape index (κ3) is 5.07. The zero-order chi connectivity index (χ0) is 20.2. The molecule has 0 aliphatic carbocycles. The van der Waals surface area contributed by atoms with Crippen molar-refractivity contribution < 1.29 is 17.6 Å². The van der Waals surface area contributed by atoms with Gasteiger partial charge in [-0.3, -0.25) is 9.10 Å². The number of anilines is 1. The molecule has 0 unspecified atom stereocenters. The van der Waals surface area contributed by atoms with Gasteiger partial charge in [0.05, 0.1) is 18.0 Å². The van der Waals surface area contributed by atoms with E-state index in [2.05, 4.69) is 5.32 Å². The second-order valence-electron chi connectivity index (χ2n) is 6.57. The summed E-state index contributed by atoms with van der Waals surface area (Å²) in [5.41, 5.74) is 1.89. The smallest absolute Gasteiger partial charge is 0.244 e. The van der Waals surface area contributed by atoms with Crippen molar-refractivity contribution in [1.29, 1.82) is 0 Å². The Hall–Kier alpha value is -2.41. The molecule has 0 bridgehead atoms. The summed E-state index contributed by atoms with van der Waals surface area (Å²) in [6.07, 6.45) is 1.60. The van der Waals surface area contributed by atoms with Crippen molar-refractivity contribution in [3.63, 3.8) is 0 Å². The molecule has 0 heterocycles. The summed E-state index contributed by atoms with van der Waals surface area (Å²) in [7, 11) is -3.86. The van der Waals surface area contributed by atoms with Gasteiger partial charge >= 0.3 is 0 Å². The fourth-order valence-electron chi connectivity index (χ4n) is 2.92. The summed E-state index contributed by atoms with van der Waals surface area (Å²) in [6.45, 7) is 5.36. The number of amides is 1. The Bertz CT molecular complexity index is 898. The maximum atomic E-state index is 14.2. The second-order valence-corrected chi connectivity index (χ2v) is 8.43. The zero-order valence-corrected chi connectivity index (χ0v) is 16.8. The molecule has 0 aliphatic heterocycles. The van der Waals surface area contributed by atoms with Gasteiger partial charge < -0.3 is 5.32 Å². The number of para-hydroxylation sites is 1. The van der Waals surface area contributed by atoms with Crippen molar-refractivity contribution in [2.75, 3.05) is 10.6 Å². The van der Waals surface area contributed by atoms with Crippen LogP contribution in [0, 0.1) is 12.7 Å². The summed E-state index contributed by atoms with van der Waals surface area (Å²) in [4.78, 5) is 12.8. The molecule has 1 amide bonds. The van der Waals surface area contributed by atoms with E-state index < -0.39 is 27.8 Å². The van der Waals surface area contributed by atoms with E-state index in [0.29, 0.717) is 6.42 Å². The lowest BCUT2D eigenvalue weighted by atomic mass is 10.0. The first-order valence-electron chi connectivity index (χ1n) is 8.76. The molecule has 0 radical (unpaired) electrons. The predicted octanol–water partition coefficient (Wildman–Crippen LogP) is 3.56. The van der Waals surface area contributed by atoms with E-state index in [1.807, 2.05) is 38.1 Å². The van der Waals surface area contributed by atoms with Gasteiger partial charge in [0.2, 0.25) is 15.9 Å². The van der Waals surface area contributed by atoms with Crippen molar-refractivity contribution >= 4 is 21.6 Å². The van der Waals surface area contributed by atoms with E-state index in [-0.39, 0.29) is 11.7 Å². The molecule has 2 atom stereocenters. The topological polar surface area (TPSA) is 66.5 Å². The van der Waals surface area contributed by atoms with Crippen LogP contribution < -0.4 is 9.62 Å². The number of carbonyl (C=O) groups is 1. The van der Waals surface area contributed by atoms with Crippen LogP contribution in [0.1, 0.15) is 37.4 Å². The molecule has 5 nitrogen and oxygen atoms in total. The van der Waals surface area contributed by atoms with Crippen LogP contribution in [0.5, 0.6) is 0 Å². The van der Waals surface area contributed by atoms with Crippen LogP contribution in [0.3, 0.4) is 0 Å². The first-order chi connectivity index (χ1) is 12.6. The Morgan fingerprint density at radius 2 is 1.74 bits per heavy atom. The molecule has 0 aliphatic rings. The molecular weight excluding hydrogens is 367 g/mol. The molecule has 27 heavy (non-hydrogen) atoms. The molecule has 0 saturated carbocycles. The number of nitrogens with one attached hydrogen (secondary N) is 1. The molecule has 7 heteroatoms. The standard InChI is InChI=1S/C20H25FN2O3S/c1-5-18(16-12-10-14(2)11-13-16)22-20(24)15(3)23(27(4,25)26)19-9-7-6-8-17(19)21/h6-13,15,18H,5H2,1-4H3,(H,22,24)/t15-,18-/m0/s1. The van der Waals surface area contributed by atoms with E-state index in [1.54, 1.807) is 0 Å². The minimum atomic E-state index is -3.86. The van der Waals surface area contributed by atoms with Crippen LogP contribution in [-0.2, 0) is 14.8 Å². The monoisotopic (exact) mass is 392 g/mol. The highest BCUT2D eigenvalue weighted by molar-refractivity contribution is 7.92. The number of nitrogens with zero attached hydrogens (tertiary/aromatic N) is 1. The van der Waals surface area contributed by atoms with E-state index in [9.17, 15) is 17.6 Å². The largest absolute Gasteiger partial charge is 0.347 e. The van der Waals surface area contributed by atoms with Gasteiger partial charge in [0.1, 0.15) is 11.9 Å². The van der Waals surface area contributed by atoms with Gasteiger partial charge in [0.15, 0.2) is 0 Å². The van der Waals surface area contributed by atoms with Crippen LogP contribution in [0.4, 0.5) is 10.1 Å². The average molecular weight is 392 g/mol. The predicted molar refractivity (Wildman–Crippen MR) is 106 cm³/mol. The van der Waals surface area contributed by atoms with Crippen LogP contribution in [0.15, 0.2) is 48.5 Å². The number of halogens is 1. The summed E-state index contributed by atoms with van der Waals surface area (Å²) in [5, 5.41) is 2.88. The van der Waals surface area contributed by atoms with Crippen molar-refractivity contribution in [3.8, 4) is 0 Å². The molecule has 0 spiro atoms. The number of sulfonamides is 1. The summed E-state index contributed by atoms with van der Waals surface area (Å²) < 4.78 is 39.6. The molecule has 0 saturated heterocycles. The maximum absolute atomic E-state index is 14.2. The number of benzene rings is 2. The second kappa shape index (κ2) is 8.52. The van der Waals surface area contributed by atoms with Gasteiger partial charge in [-0.05, 0) is 38.0 Å². The third-order valence-electron chi connectivity index (χ3n) is 4.38. The fourth-order valence-corrected chi connectivity index (χ4v) is 4.10. The maximum Gasteiger partial charge on any atom is 0.244 e. The van der Waals surface area contributed by atoms with E-state index >= 15 is 0 Å². The van der Waals surface area contributed by atoms with E-state index in [4.69, 9.17) is 0 Å². The van der Waals surface area contributed by atoms with Gasteiger partial charge in [0.25, 0.3) is 0 Å². The minimum absolute atomic E-state index is 0.147. The molecule has 146 valence electrons. The molecule has 0 fully saturated rings. The molecule has 2 aromatic carbocycles. The van der Waals surface area contributed by atoms with Gasteiger partial charge in [-0.1, -0.05) is 48.9 Å². The normalized spacial score (nSPS) is 13.7.